The summed E-state index contributed by atoms with van der Waals surface area (Å²) in [5, 5.41) is 0. The van der Waals surface area contributed by atoms with Crippen molar-refractivity contribution in [1.29, 1.82) is 0 Å². The molecule has 5 nitrogen and oxygen atoms in total. The Morgan fingerprint density at radius 3 is 2.54 bits per heavy atom. The van der Waals surface area contributed by atoms with E-state index in [1.165, 1.54) is 5.56 Å². The second kappa shape index (κ2) is 8.61. The molecule has 0 N–H and O–H groups in total. The fourth-order valence-corrected chi connectivity index (χ4v) is 3.18. The zero-order valence-corrected chi connectivity index (χ0v) is 15.1. The number of rotatable bonds is 7. The maximum absolute atomic E-state index is 12.5. The molecule has 2 aromatic rings. The molecule has 1 aliphatic rings. The van der Waals surface area contributed by atoms with Crippen LogP contribution in [-0.4, -0.2) is 36.4 Å². The van der Waals surface area contributed by atoms with E-state index in [2.05, 4.69) is 16.8 Å². The number of esters is 1. The molecule has 1 fully saturated rings. The maximum Gasteiger partial charge on any atom is 0.342 e. The van der Waals surface area contributed by atoms with Gasteiger partial charge in [0, 0.05) is 24.8 Å². The van der Waals surface area contributed by atoms with Crippen LogP contribution in [0.25, 0.3) is 0 Å². The highest BCUT2D eigenvalue weighted by molar-refractivity contribution is 6.00. The second-order valence-electron chi connectivity index (χ2n) is 6.51. The lowest BCUT2D eigenvalue weighted by atomic mass is 10.1. The zero-order valence-electron chi connectivity index (χ0n) is 15.1. The summed E-state index contributed by atoms with van der Waals surface area (Å²) in [7, 11) is 0. The van der Waals surface area contributed by atoms with Crippen LogP contribution in [0.1, 0.15) is 52.5 Å². The van der Waals surface area contributed by atoms with E-state index < -0.39 is 5.97 Å². The Balaban J connectivity index is 1.62. The van der Waals surface area contributed by atoms with Crippen molar-refractivity contribution >= 4 is 17.6 Å². The summed E-state index contributed by atoms with van der Waals surface area (Å²) in [5.41, 5.74) is 2.18. The third-order valence-electron chi connectivity index (χ3n) is 4.56. The largest absolute Gasteiger partial charge is 0.454 e. The smallest absolute Gasteiger partial charge is 0.342 e. The van der Waals surface area contributed by atoms with Gasteiger partial charge >= 0.3 is 5.97 Å². The number of anilines is 1. The maximum atomic E-state index is 12.5. The van der Waals surface area contributed by atoms with Crippen molar-refractivity contribution in [2.45, 2.75) is 32.6 Å². The van der Waals surface area contributed by atoms with Gasteiger partial charge in [0.05, 0.1) is 0 Å². The van der Waals surface area contributed by atoms with E-state index in [0.717, 1.165) is 38.8 Å². The molecule has 136 valence electrons. The lowest BCUT2D eigenvalue weighted by Gasteiger charge is -2.18. The predicted octanol–water partition coefficient (Wildman–Crippen LogP) is 3.67. The summed E-state index contributed by atoms with van der Waals surface area (Å²) in [5.74, 6) is -0.0599. The van der Waals surface area contributed by atoms with Crippen LogP contribution in [0.5, 0.6) is 0 Å². The second-order valence-corrected chi connectivity index (χ2v) is 6.51. The van der Waals surface area contributed by atoms with Crippen molar-refractivity contribution in [3.63, 3.8) is 0 Å². The molecule has 3 rings (SSSR count). The van der Waals surface area contributed by atoms with Crippen LogP contribution in [0.3, 0.4) is 0 Å². The Morgan fingerprint density at radius 1 is 1.12 bits per heavy atom. The minimum atomic E-state index is -0.504. The summed E-state index contributed by atoms with van der Waals surface area (Å²) >= 11 is 0. The van der Waals surface area contributed by atoms with Gasteiger partial charge < -0.3 is 9.64 Å². The number of hydrogen-bond donors (Lipinski definition) is 0. The summed E-state index contributed by atoms with van der Waals surface area (Å²) in [4.78, 5) is 31.2. The summed E-state index contributed by atoms with van der Waals surface area (Å²) < 4.78 is 5.27. The molecule has 2 heterocycles. The number of hydrogen-bond acceptors (Lipinski definition) is 5. The van der Waals surface area contributed by atoms with Gasteiger partial charge in [0.15, 0.2) is 12.4 Å². The number of nitrogens with zero attached hydrogens (tertiary/aromatic N) is 2. The number of benzene rings is 1. The van der Waals surface area contributed by atoms with Crippen LogP contribution in [0, 0.1) is 0 Å². The van der Waals surface area contributed by atoms with Gasteiger partial charge in [0.2, 0.25) is 0 Å². The molecule has 0 bridgehead atoms. The molecule has 0 amide bonds. The Kier molecular flexibility index (Phi) is 6.00. The number of aryl methyl sites for hydroxylation is 1. The van der Waals surface area contributed by atoms with E-state index in [4.69, 9.17) is 4.74 Å². The highest BCUT2D eigenvalue weighted by Crippen LogP contribution is 2.22. The van der Waals surface area contributed by atoms with Gasteiger partial charge in [0.25, 0.3) is 0 Å². The fraction of sp³-hybridized carbons (Fsp3) is 0.381. The van der Waals surface area contributed by atoms with Crippen molar-refractivity contribution < 1.29 is 14.3 Å². The predicted molar refractivity (Wildman–Crippen MR) is 101 cm³/mol. The first-order valence-corrected chi connectivity index (χ1v) is 9.18. The first kappa shape index (κ1) is 18.1. The number of aromatic nitrogens is 1. The topological polar surface area (TPSA) is 59.5 Å². The summed E-state index contributed by atoms with van der Waals surface area (Å²) in [6.45, 7) is 3.63. The third kappa shape index (κ3) is 4.28. The number of ether oxygens (including phenoxy) is 1. The molecule has 0 radical (unpaired) electrons. The van der Waals surface area contributed by atoms with E-state index in [9.17, 15) is 9.59 Å². The standard InChI is InChI=1S/C21H24N2O3/c1-2-6-16-8-10-17(11-9-16)19(24)15-26-21(25)18-7-5-12-22-20(18)23-13-3-4-14-23/h5,7-12H,2-4,6,13-15H2,1H3. The fourth-order valence-electron chi connectivity index (χ4n) is 3.18. The van der Waals surface area contributed by atoms with Gasteiger partial charge in [-0.25, -0.2) is 9.78 Å². The van der Waals surface area contributed by atoms with E-state index in [1.54, 1.807) is 30.5 Å². The molecule has 0 atom stereocenters. The number of carbonyl (C=O) groups is 2. The van der Waals surface area contributed by atoms with Gasteiger partial charge in [0.1, 0.15) is 11.4 Å². The quantitative estimate of drug-likeness (QED) is 0.562. The van der Waals surface area contributed by atoms with Crippen molar-refractivity contribution in [2.24, 2.45) is 0 Å². The average molecular weight is 352 g/mol. The van der Waals surface area contributed by atoms with E-state index in [1.807, 2.05) is 12.1 Å². The minimum absolute atomic E-state index is 0.201. The Morgan fingerprint density at radius 2 is 1.85 bits per heavy atom. The third-order valence-corrected chi connectivity index (χ3v) is 4.56. The zero-order chi connectivity index (χ0) is 18.4. The normalized spacial score (nSPS) is 13.7. The number of Topliss-reactive ketones (excluding diaryl/α,β-unsaturated/α-hetero) is 1. The van der Waals surface area contributed by atoms with Crippen LogP contribution in [0.15, 0.2) is 42.6 Å². The molecule has 1 aromatic carbocycles. The molecule has 0 unspecified atom stereocenters. The summed E-state index contributed by atoms with van der Waals surface area (Å²) in [6, 6.07) is 10.9. The highest BCUT2D eigenvalue weighted by atomic mass is 16.5. The monoisotopic (exact) mass is 352 g/mol. The first-order valence-electron chi connectivity index (χ1n) is 9.18. The van der Waals surface area contributed by atoms with E-state index >= 15 is 0 Å². The van der Waals surface area contributed by atoms with Gasteiger partial charge in [-0.2, -0.15) is 0 Å². The average Bonchev–Trinajstić information content (AvgIpc) is 3.21. The number of ketones is 1. The van der Waals surface area contributed by atoms with Crippen molar-refractivity contribution in [3.8, 4) is 0 Å². The number of pyridine rings is 1. The Bertz CT molecular complexity index is 765. The van der Waals surface area contributed by atoms with Gasteiger partial charge in [-0.3, -0.25) is 4.79 Å². The van der Waals surface area contributed by atoms with Crippen LogP contribution >= 0.6 is 0 Å². The molecular weight excluding hydrogens is 328 g/mol. The van der Waals surface area contributed by atoms with Crippen molar-refractivity contribution in [3.05, 3.63) is 59.3 Å². The molecule has 0 aliphatic carbocycles. The molecule has 0 spiro atoms. The van der Waals surface area contributed by atoms with Crippen molar-refractivity contribution in [1.82, 2.24) is 4.98 Å². The van der Waals surface area contributed by atoms with Gasteiger partial charge in [-0.15, -0.1) is 0 Å². The van der Waals surface area contributed by atoms with E-state index in [0.29, 0.717) is 16.9 Å². The van der Waals surface area contributed by atoms with Crippen LogP contribution in [-0.2, 0) is 11.2 Å². The Hall–Kier alpha value is -2.69. The van der Waals surface area contributed by atoms with Crippen LogP contribution in [0.4, 0.5) is 5.82 Å². The minimum Gasteiger partial charge on any atom is -0.454 e. The van der Waals surface area contributed by atoms with Crippen LogP contribution in [0.2, 0.25) is 0 Å². The van der Waals surface area contributed by atoms with Gasteiger partial charge in [-0.1, -0.05) is 37.6 Å². The van der Waals surface area contributed by atoms with Gasteiger partial charge in [-0.05, 0) is 37.0 Å². The molecule has 26 heavy (non-hydrogen) atoms. The summed E-state index contributed by atoms with van der Waals surface area (Å²) in [6.07, 6.45) is 5.92. The first-order chi connectivity index (χ1) is 12.7. The Labute approximate surface area is 154 Å². The molecule has 5 heteroatoms. The SMILES string of the molecule is CCCc1ccc(C(=O)COC(=O)c2cccnc2N2CCCC2)cc1. The lowest BCUT2D eigenvalue weighted by Crippen LogP contribution is -2.23. The van der Waals surface area contributed by atoms with E-state index in [-0.39, 0.29) is 12.4 Å². The lowest BCUT2D eigenvalue weighted by molar-refractivity contribution is 0.0475. The van der Waals surface area contributed by atoms with Crippen molar-refractivity contribution in [2.75, 3.05) is 24.6 Å². The molecule has 1 aromatic heterocycles. The number of carbonyl (C=O) groups excluding carboxylic acids is 2. The van der Waals surface area contributed by atoms with Crippen LogP contribution < -0.4 is 4.90 Å². The molecule has 1 saturated heterocycles. The highest BCUT2D eigenvalue weighted by Gasteiger charge is 2.22. The molecular formula is C21H24N2O3. The molecule has 0 saturated carbocycles. The molecule has 1 aliphatic heterocycles.